The molecule has 2 heterocycles. The van der Waals surface area contributed by atoms with Crippen molar-refractivity contribution in [3.05, 3.63) is 29.8 Å². The van der Waals surface area contributed by atoms with Gasteiger partial charge in [0.1, 0.15) is 13.2 Å². The summed E-state index contributed by atoms with van der Waals surface area (Å²) in [6.45, 7) is 3.57. The van der Waals surface area contributed by atoms with Gasteiger partial charge in [0.05, 0.1) is 0 Å². The van der Waals surface area contributed by atoms with E-state index in [9.17, 15) is 0 Å². The van der Waals surface area contributed by atoms with Crippen molar-refractivity contribution in [2.75, 3.05) is 26.3 Å². The Balaban J connectivity index is 1.70. The molecule has 2 aliphatic rings. The zero-order valence-electron chi connectivity index (χ0n) is 10.5. The summed E-state index contributed by atoms with van der Waals surface area (Å²) in [5.74, 6) is 2.44. The maximum Gasteiger partial charge on any atom is 0.161 e. The van der Waals surface area contributed by atoms with Gasteiger partial charge < -0.3 is 14.8 Å². The zero-order chi connectivity index (χ0) is 12.2. The van der Waals surface area contributed by atoms with Crippen molar-refractivity contribution in [3.8, 4) is 11.5 Å². The molecule has 0 radical (unpaired) electrons. The molecule has 0 unspecified atom stereocenters. The molecule has 96 valence electrons. The topological polar surface area (TPSA) is 30.5 Å². The van der Waals surface area contributed by atoms with E-state index in [-0.39, 0.29) is 0 Å². The SMILES string of the molecule is C(=C/C1CCNCC1)/c1ccc2c(c1)OCCO2. The minimum absolute atomic E-state index is 0.647. The molecule has 0 saturated carbocycles. The fraction of sp³-hybridized carbons (Fsp3) is 0.467. The van der Waals surface area contributed by atoms with Crippen LogP contribution in [0.15, 0.2) is 24.3 Å². The second kappa shape index (κ2) is 5.44. The van der Waals surface area contributed by atoms with E-state index in [2.05, 4.69) is 29.6 Å². The van der Waals surface area contributed by atoms with Crippen molar-refractivity contribution < 1.29 is 9.47 Å². The van der Waals surface area contributed by atoms with E-state index in [0.717, 1.165) is 24.6 Å². The van der Waals surface area contributed by atoms with E-state index in [0.29, 0.717) is 19.1 Å². The molecule has 0 aliphatic carbocycles. The summed E-state index contributed by atoms with van der Waals surface area (Å²) in [5.41, 5.74) is 1.19. The quantitative estimate of drug-likeness (QED) is 0.868. The highest BCUT2D eigenvalue weighted by atomic mass is 16.6. The number of ether oxygens (including phenoxy) is 2. The molecule has 1 saturated heterocycles. The Kier molecular flexibility index (Phi) is 3.51. The Hall–Kier alpha value is -1.48. The number of nitrogens with one attached hydrogen (secondary N) is 1. The maximum absolute atomic E-state index is 5.59. The molecule has 0 aromatic heterocycles. The zero-order valence-corrected chi connectivity index (χ0v) is 10.5. The van der Waals surface area contributed by atoms with Gasteiger partial charge in [0.2, 0.25) is 0 Å². The number of fused-ring (bicyclic) bond motifs is 1. The Labute approximate surface area is 108 Å². The third-order valence-electron chi connectivity index (χ3n) is 3.51. The van der Waals surface area contributed by atoms with Crippen LogP contribution < -0.4 is 14.8 Å². The molecular weight excluding hydrogens is 226 g/mol. The highest BCUT2D eigenvalue weighted by molar-refractivity contribution is 5.56. The van der Waals surface area contributed by atoms with Gasteiger partial charge in [-0.2, -0.15) is 0 Å². The Morgan fingerprint density at radius 3 is 2.67 bits per heavy atom. The van der Waals surface area contributed by atoms with Crippen LogP contribution in [-0.2, 0) is 0 Å². The lowest BCUT2D eigenvalue weighted by Gasteiger charge is -2.20. The van der Waals surface area contributed by atoms with E-state index in [1.54, 1.807) is 0 Å². The Bertz CT molecular complexity index is 436. The van der Waals surface area contributed by atoms with Crippen LogP contribution in [0.5, 0.6) is 11.5 Å². The molecule has 1 fully saturated rings. The molecular formula is C15H19NO2. The van der Waals surface area contributed by atoms with E-state index < -0.39 is 0 Å². The summed E-state index contributed by atoms with van der Waals surface area (Å²) in [7, 11) is 0. The van der Waals surface area contributed by atoms with Crippen molar-refractivity contribution in [1.29, 1.82) is 0 Å². The first-order chi connectivity index (χ1) is 8.92. The number of rotatable bonds is 2. The standard InChI is InChI=1S/C15H19NO2/c1(12-5-7-16-8-6-12)2-13-3-4-14-15(11-13)18-10-9-17-14/h1-4,11-12,16H,5-10H2/b2-1-. The normalized spacial score (nSPS) is 20.2. The van der Waals surface area contributed by atoms with Gasteiger partial charge in [-0.3, -0.25) is 0 Å². The largest absolute Gasteiger partial charge is 0.486 e. The molecule has 1 aromatic rings. The molecule has 0 amide bonds. The first kappa shape index (κ1) is 11.6. The third-order valence-corrected chi connectivity index (χ3v) is 3.51. The predicted octanol–water partition coefficient (Wildman–Crippen LogP) is 2.47. The van der Waals surface area contributed by atoms with E-state index >= 15 is 0 Å². The van der Waals surface area contributed by atoms with Gasteiger partial charge in [-0.25, -0.2) is 0 Å². The van der Waals surface area contributed by atoms with Crippen LogP contribution in [0.2, 0.25) is 0 Å². The lowest BCUT2D eigenvalue weighted by molar-refractivity contribution is 0.171. The van der Waals surface area contributed by atoms with E-state index in [1.165, 1.54) is 18.4 Å². The molecule has 0 bridgehead atoms. The number of benzene rings is 1. The molecule has 1 aromatic carbocycles. The lowest BCUT2D eigenvalue weighted by atomic mass is 9.97. The predicted molar refractivity (Wildman–Crippen MR) is 72.1 cm³/mol. The fourth-order valence-corrected chi connectivity index (χ4v) is 2.45. The average Bonchev–Trinajstić information content (AvgIpc) is 2.46. The number of hydrogen-bond donors (Lipinski definition) is 1. The summed E-state index contributed by atoms with van der Waals surface area (Å²) in [5, 5.41) is 3.38. The molecule has 0 atom stereocenters. The minimum atomic E-state index is 0.647. The fourth-order valence-electron chi connectivity index (χ4n) is 2.45. The third kappa shape index (κ3) is 2.67. The van der Waals surface area contributed by atoms with Gasteiger partial charge in [-0.1, -0.05) is 18.2 Å². The highest BCUT2D eigenvalue weighted by Crippen LogP contribution is 2.31. The van der Waals surface area contributed by atoms with Crippen molar-refractivity contribution in [3.63, 3.8) is 0 Å². The van der Waals surface area contributed by atoms with Crippen LogP contribution in [0, 0.1) is 5.92 Å². The highest BCUT2D eigenvalue weighted by Gasteiger charge is 2.12. The maximum atomic E-state index is 5.59. The van der Waals surface area contributed by atoms with Crippen LogP contribution >= 0.6 is 0 Å². The number of allylic oxidation sites excluding steroid dienone is 1. The van der Waals surface area contributed by atoms with Gasteiger partial charge in [0.25, 0.3) is 0 Å². The second-order valence-corrected chi connectivity index (χ2v) is 4.85. The molecule has 3 nitrogen and oxygen atoms in total. The van der Waals surface area contributed by atoms with Crippen molar-refractivity contribution in [2.45, 2.75) is 12.8 Å². The van der Waals surface area contributed by atoms with Gasteiger partial charge in [0, 0.05) is 0 Å². The number of hydrogen-bond acceptors (Lipinski definition) is 3. The van der Waals surface area contributed by atoms with Crippen molar-refractivity contribution in [2.24, 2.45) is 5.92 Å². The van der Waals surface area contributed by atoms with Gasteiger partial charge >= 0.3 is 0 Å². The summed E-state index contributed by atoms with van der Waals surface area (Å²) in [6, 6.07) is 6.15. The van der Waals surface area contributed by atoms with Gasteiger partial charge in [-0.15, -0.1) is 0 Å². The first-order valence-electron chi connectivity index (χ1n) is 6.70. The second-order valence-electron chi connectivity index (χ2n) is 4.85. The van der Waals surface area contributed by atoms with Crippen LogP contribution in [0.3, 0.4) is 0 Å². The van der Waals surface area contributed by atoms with Crippen LogP contribution in [0.25, 0.3) is 6.08 Å². The van der Waals surface area contributed by atoms with Crippen molar-refractivity contribution >= 4 is 6.08 Å². The molecule has 18 heavy (non-hydrogen) atoms. The van der Waals surface area contributed by atoms with Gasteiger partial charge in [0.15, 0.2) is 11.5 Å². The molecule has 0 spiro atoms. The Morgan fingerprint density at radius 2 is 1.83 bits per heavy atom. The van der Waals surface area contributed by atoms with Gasteiger partial charge in [-0.05, 0) is 49.5 Å². The summed E-state index contributed by atoms with van der Waals surface area (Å²) in [4.78, 5) is 0. The summed E-state index contributed by atoms with van der Waals surface area (Å²) < 4.78 is 11.1. The lowest BCUT2D eigenvalue weighted by Crippen LogP contribution is -2.26. The van der Waals surface area contributed by atoms with Crippen LogP contribution in [0.4, 0.5) is 0 Å². The average molecular weight is 245 g/mol. The van der Waals surface area contributed by atoms with Crippen molar-refractivity contribution in [1.82, 2.24) is 5.32 Å². The molecule has 3 rings (SSSR count). The van der Waals surface area contributed by atoms with E-state index in [4.69, 9.17) is 9.47 Å². The first-order valence-corrected chi connectivity index (χ1v) is 6.70. The number of piperidine rings is 1. The van der Waals surface area contributed by atoms with Crippen LogP contribution in [0.1, 0.15) is 18.4 Å². The van der Waals surface area contributed by atoms with Crippen LogP contribution in [-0.4, -0.2) is 26.3 Å². The molecule has 3 heteroatoms. The summed E-state index contributed by atoms with van der Waals surface area (Å²) in [6.07, 6.45) is 7.00. The minimum Gasteiger partial charge on any atom is -0.486 e. The monoisotopic (exact) mass is 245 g/mol. The van der Waals surface area contributed by atoms with E-state index in [1.807, 2.05) is 6.07 Å². The molecule has 1 N–H and O–H groups in total. The smallest absolute Gasteiger partial charge is 0.161 e. The molecule has 2 aliphatic heterocycles. The summed E-state index contributed by atoms with van der Waals surface area (Å²) >= 11 is 0. The Morgan fingerprint density at radius 1 is 1.06 bits per heavy atom.